The molecule has 1 aliphatic rings. The second kappa shape index (κ2) is 8.84. The number of amides is 1. The van der Waals surface area contributed by atoms with Gasteiger partial charge in [0.1, 0.15) is 0 Å². The minimum absolute atomic E-state index is 0.00302. The lowest BCUT2D eigenvalue weighted by Gasteiger charge is -2.34. The van der Waals surface area contributed by atoms with Crippen LogP contribution in [-0.4, -0.2) is 74.5 Å². The molecule has 0 bridgehead atoms. The lowest BCUT2D eigenvalue weighted by molar-refractivity contribution is -0.141. The van der Waals surface area contributed by atoms with Crippen molar-refractivity contribution < 1.29 is 24.2 Å². The molecule has 1 aliphatic heterocycles. The third-order valence-electron chi connectivity index (χ3n) is 2.95. The first kappa shape index (κ1) is 15.9. The molecule has 7 heteroatoms. The third-order valence-corrected chi connectivity index (χ3v) is 2.95. The van der Waals surface area contributed by atoms with Gasteiger partial charge in [-0.05, 0) is 6.42 Å². The van der Waals surface area contributed by atoms with E-state index in [2.05, 4.69) is 5.32 Å². The number of ether oxygens (including phenoxy) is 2. The molecular formula is C12H22N2O5. The van der Waals surface area contributed by atoms with Gasteiger partial charge in [0.2, 0.25) is 5.91 Å². The summed E-state index contributed by atoms with van der Waals surface area (Å²) in [6, 6.07) is -0.226. The first-order valence-electron chi connectivity index (χ1n) is 6.42. The van der Waals surface area contributed by atoms with Gasteiger partial charge in [0, 0.05) is 32.8 Å². The van der Waals surface area contributed by atoms with E-state index in [9.17, 15) is 9.59 Å². The van der Waals surface area contributed by atoms with Crippen LogP contribution in [0.15, 0.2) is 0 Å². The number of carboxylic acid groups (broad SMARTS) is 1. The van der Waals surface area contributed by atoms with Crippen molar-refractivity contribution in [2.75, 3.05) is 46.6 Å². The van der Waals surface area contributed by atoms with E-state index in [1.165, 1.54) is 0 Å². The molecular weight excluding hydrogens is 252 g/mol. The molecule has 1 heterocycles. The Balaban J connectivity index is 2.30. The van der Waals surface area contributed by atoms with Crippen LogP contribution >= 0.6 is 0 Å². The van der Waals surface area contributed by atoms with Crippen molar-refractivity contribution in [1.29, 1.82) is 0 Å². The van der Waals surface area contributed by atoms with E-state index in [1.807, 2.05) is 4.90 Å². The van der Waals surface area contributed by atoms with Gasteiger partial charge in [-0.3, -0.25) is 14.5 Å². The molecule has 110 valence electrons. The van der Waals surface area contributed by atoms with Crippen molar-refractivity contribution >= 4 is 11.9 Å². The smallest absolute Gasteiger partial charge is 0.305 e. The molecule has 19 heavy (non-hydrogen) atoms. The summed E-state index contributed by atoms with van der Waals surface area (Å²) in [7, 11) is 1.62. The molecule has 0 radical (unpaired) electrons. The minimum atomic E-state index is -0.874. The highest BCUT2D eigenvalue weighted by Gasteiger charge is 2.26. The predicted molar refractivity (Wildman–Crippen MR) is 67.9 cm³/mol. The van der Waals surface area contributed by atoms with E-state index < -0.39 is 5.97 Å². The summed E-state index contributed by atoms with van der Waals surface area (Å²) < 4.78 is 10.1. The lowest BCUT2D eigenvalue weighted by atomic mass is 10.1. The van der Waals surface area contributed by atoms with Crippen LogP contribution < -0.4 is 5.32 Å². The molecule has 1 amide bonds. The number of hydrogen-bond acceptors (Lipinski definition) is 5. The summed E-state index contributed by atoms with van der Waals surface area (Å²) >= 11 is 0. The topological polar surface area (TPSA) is 88.1 Å². The van der Waals surface area contributed by atoms with Crippen molar-refractivity contribution in [3.05, 3.63) is 0 Å². The van der Waals surface area contributed by atoms with Crippen LogP contribution in [0.1, 0.15) is 12.8 Å². The summed E-state index contributed by atoms with van der Waals surface area (Å²) in [6.45, 7) is 2.88. The highest BCUT2D eigenvalue weighted by molar-refractivity contribution is 5.78. The normalized spacial score (nSPS) is 20.2. The van der Waals surface area contributed by atoms with Gasteiger partial charge in [0.15, 0.2) is 0 Å². The van der Waals surface area contributed by atoms with Gasteiger partial charge in [-0.1, -0.05) is 0 Å². The number of hydrogen-bond donors (Lipinski definition) is 2. The second-order valence-corrected chi connectivity index (χ2v) is 4.49. The molecule has 0 spiro atoms. The number of methoxy groups -OCH3 is 1. The maximum atomic E-state index is 11.7. The van der Waals surface area contributed by atoms with Gasteiger partial charge in [0.05, 0.1) is 26.2 Å². The lowest BCUT2D eigenvalue weighted by Crippen LogP contribution is -2.50. The number of carboxylic acids is 1. The Labute approximate surface area is 112 Å². The average molecular weight is 274 g/mol. The predicted octanol–water partition coefficient (Wildman–Crippen LogP) is -0.685. The summed E-state index contributed by atoms with van der Waals surface area (Å²) in [6.07, 6.45) is 0.765. The molecule has 7 nitrogen and oxygen atoms in total. The number of rotatable bonds is 8. The Morgan fingerprint density at radius 3 is 3.00 bits per heavy atom. The van der Waals surface area contributed by atoms with E-state index in [1.54, 1.807) is 7.11 Å². The fraction of sp³-hybridized carbons (Fsp3) is 0.833. The van der Waals surface area contributed by atoms with Crippen LogP contribution in [-0.2, 0) is 19.1 Å². The van der Waals surface area contributed by atoms with Crippen LogP contribution in [0.2, 0.25) is 0 Å². The van der Waals surface area contributed by atoms with Crippen molar-refractivity contribution in [3.63, 3.8) is 0 Å². The zero-order chi connectivity index (χ0) is 14.1. The van der Waals surface area contributed by atoms with E-state index in [0.717, 1.165) is 6.42 Å². The Morgan fingerprint density at radius 1 is 1.53 bits per heavy atom. The standard InChI is InChI=1S/C12H22N2O5/c1-18-5-2-3-13-11(15)8-14-4-6-19-9-10(14)7-12(16)17/h10H,2-9H2,1H3,(H,13,15)(H,16,17). The number of aliphatic carboxylic acids is 1. The van der Waals surface area contributed by atoms with Crippen molar-refractivity contribution in [3.8, 4) is 0 Å². The zero-order valence-corrected chi connectivity index (χ0v) is 11.3. The highest BCUT2D eigenvalue weighted by Crippen LogP contribution is 2.10. The summed E-state index contributed by atoms with van der Waals surface area (Å²) in [5.41, 5.74) is 0. The van der Waals surface area contributed by atoms with Gasteiger partial charge < -0.3 is 19.9 Å². The molecule has 1 unspecified atom stereocenters. The first-order valence-corrected chi connectivity index (χ1v) is 6.42. The Bertz CT molecular complexity index is 298. The molecule has 1 fully saturated rings. The number of morpholine rings is 1. The minimum Gasteiger partial charge on any atom is -0.481 e. The van der Waals surface area contributed by atoms with Crippen molar-refractivity contribution in [2.45, 2.75) is 18.9 Å². The Kier molecular flexibility index (Phi) is 7.39. The SMILES string of the molecule is COCCCNC(=O)CN1CCOCC1CC(=O)O. The molecule has 0 aromatic rings. The molecule has 1 rings (SSSR count). The molecule has 0 saturated carbocycles. The molecule has 0 aliphatic carbocycles. The Morgan fingerprint density at radius 2 is 2.32 bits per heavy atom. The van der Waals surface area contributed by atoms with E-state index in [0.29, 0.717) is 32.9 Å². The fourth-order valence-electron chi connectivity index (χ4n) is 1.97. The molecule has 2 N–H and O–H groups in total. The molecule has 1 atom stereocenters. The Hall–Kier alpha value is -1.18. The fourth-order valence-corrected chi connectivity index (χ4v) is 1.97. The van der Waals surface area contributed by atoms with E-state index >= 15 is 0 Å². The van der Waals surface area contributed by atoms with Gasteiger partial charge in [0.25, 0.3) is 0 Å². The highest BCUT2D eigenvalue weighted by atomic mass is 16.5. The molecule has 0 aromatic carbocycles. The number of carbonyl (C=O) groups is 2. The van der Waals surface area contributed by atoms with Gasteiger partial charge in [-0.2, -0.15) is 0 Å². The average Bonchev–Trinajstić information content (AvgIpc) is 2.36. The molecule has 0 aromatic heterocycles. The maximum Gasteiger partial charge on any atom is 0.305 e. The van der Waals surface area contributed by atoms with E-state index in [-0.39, 0.29) is 24.9 Å². The van der Waals surface area contributed by atoms with Crippen LogP contribution in [0.25, 0.3) is 0 Å². The second-order valence-electron chi connectivity index (χ2n) is 4.49. The maximum absolute atomic E-state index is 11.7. The van der Waals surface area contributed by atoms with Crippen LogP contribution in [0.3, 0.4) is 0 Å². The van der Waals surface area contributed by atoms with Crippen LogP contribution in [0.4, 0.5) is 0 Å². The summed E-state index contributed by atoms with van der Waals surface area (Å²) in [5, 5.41) is 11.6. The number of carbonyl (C=O) groups excluding carboxylic acids is 1. The van der Waals surface area contributed by atoms with Crippen molar-refractivity contribution in [2.24, 2.45) is 0 Å². The third kappa shape index (κ3) is 6.51. The van der Waals surface area contributed by atoms with Crippen LogP contribution in [0, 0.1) is 0 Å². The van der Waals surface area contributed by atoms with Crippen molar-refractivity contribution in [1.82, 2.24) is 10.2 Å². The first-order chi connectivity index (χ1) is 9.13. The zero-order valence-electron chi connectivity index (χ0n) is 11.3. The molecule has 1 saturated heterocycles. The van der Waals surface area contributed by atoms with Crippen LogP contribution in [0.5, 0.6) is 0 Å². The quantitative estimate of drug-likeness (QED) is 0.570. The van der Waals surface area contributed by atoms with Gasteiger partial charge in [-0.15, -0.1) is 0 Å². The monoisotopic (exact) mass is 274 g/mol. The number of nitrogens with one attached hydrogen (secondary N) is 1. The van der Waals surface area contributed by atoms with Gasteiger partial charge >= 0.3 is 5.97 Å². The number of nitrogens with zero attached hydrogens (tertiary/aromatic N) is 1. The largest absolute Gasteiger partial charge is 0.481 e. The summed E-state index contributed by atoms with van der Waals surface area (Å²) in [4.78, 5) is 24.3. The van der Waals surface area contributed by atoms with Gasteiger partial charge in [-0.25, -0.2) is 0 Å². The summed E-state index contributed by atoms with van der Waals surface area (Å²) in [5.74, 6) is -0.964. The van der Waals surface area contributed by atoms with E-state index in [4.69, 9.17) is 14.6 Å².